The molecule has 4 nitrogen and oxygen atoms in total. The van der Waals surface area contributed by atoms with E-state index in [2.05, 4.69) is 50.9 Å². The van der Waals surface area contributed by atoms with Crippen molar-refractivity contribution in [1.82, 2.24) is 9.55 Å². The van der Waals surface area contributed by atoms with Gasteiger partial charge in [-0.3, -0.25) is 4.79 Å². The third-order valence-electron chi connectivity index (χ3n) is 5.94. The summed E-state index contributed by atoms with van der Waals surface area (Å²) < 4.78 is 8.35. The van der Waals surface area contributed by atoms with Gasteiger partial charge in [-0.2, -0.15) is 0 Å². The monoisotopic (exact) mass is 370 g/mol. The van der Waals surface area contributed by atoms with Crippen LogP contribution < -0.4 is 5.43 Å². The predicted molar refractivity (Wildman–Crippen MR) is 115 cm³/mol. The van der Waals surface area contributed by atoms with Gasteiger partial charge in [0.15, 0.2) is 0 Å². The van der Waals surface area contributed by atoms with Crippen molar-refractivity contribution >= 4 is 44.0 Å². The van der Waals surface area contributed by atoms with Gasteiger partial charge < -0.3 is 8.98 Å². The highest BCUT2D eigenvalue weighted by Gasteiger charge is 2.19. The van der Waals surface area contributed by atoms with Crippen LogP contribution in [0.25, 0.3) is 44.0 Å². The molecule has 0 bridgehead atoms. The quantitative estimate of drug-likeness (QED) is 0.280. The van der Waals surface area contributed by atoms with Crippen molar-refractivity contribution in [3.63, 3.8) is 0 Å². The smallest absolute Gasteiger partial charge is 0.244 e. The van der Waals surface area contributed by atoms with Crippen LogP contribution in [0.3, 0.4) is 0 Å². The molecule has 0 radical (unpaired) electrons. The van der Waals surface area contributed by atoms with Crippen LogP contribution in [0.1, 0.15) is 36.5 Å². The Bertz CT molecular complexity index is 1490. The van der Waals surface area contributed by atoms with Crippen LogP contribution in [0.4, 0.5) is 0 Å². The van der Waals surface area contributed by atoms with E-state index in [9.17, 15) is 4.79 Å². The summed E-state index contributed by atoms with van der Waals surface area (Å²) in [5, 5.41) is 3.45. The summed E-state index contributed by atoms with van der Waals surface area (Å²) in [5.41, 5.74) is 7.09. The third-order valence-corrected chi connectivity index (χ3v) is 5.94. The first-order valence-corrected chi connectivity index (χ1v) is 9.62. The fourth-order valence-corrected chi connectivity index (χ4v) is 4.24. The Kier molecular flexibility index (Phi) is 3.45. The van der Waals surface area contributed by atoms with Crippen LogP contribution in [0.2, 0.25) is 0 Å². The van der Waals surface area contributed by atoms with Crippen molar-refractivity contribution in [2.75, 3.05) is 0 Å². The van der Waals surface area contributed by atoms with E-state index in [1.807, 2.05) is 17.7 Å². The van der Waals surface area contributed by atoms with Gasteiger partial charge in [-0.1, -0.05) is 32.0 Å². The zero-order valence-electron chi connectivity index (χ0n) is 16.8. The van der Waals surface area contributed by atoms with E-state index in [4.69, 9.17) is 4.42 Å². The van der Waals surface area contributed by atoms with Gasteiger partial charge in [-0.25, -0.2) is 4.98 Å². The fraction of sp³-hybridized carbons (Fsp3) is 0.250. The lowest BCUT2D eigenvalue weighted by atomic mass is 9.92. The zero-order valence-corrected chi connectivity index (χ0v) is 16.8. The van der Waals surface area contributed by atoms with Crippen molar-refractivity contribution in [3.05, 3.63) is 63.3 Å². The molecule has 5 rings (SSSR count). The van der Waals surface area contributed by atoms with E-state index in [0.29, 0.717) is 17.1 Å². The Morgan fingerprint density at radius 3 is 2.61 bits per heavy atom. The summed E-state index contributed by atoms with van der Waals surface area (Å²) in [7, 11) is 1.98. The molecule has 0 spiro atoms. The second-order valence-corrected chi connectivity index (χ2v) is 8.02. The number of nitrogens with zero attached hydrogens (tertiary/aromatic N) is 2. The molecule has 0 fully saturated rings. The summed E-state index contributed by atoms with van der Waals surface area (Å²) >= 11 is 0. The first-order valence-electron chi connectivity index (χ1n) is 9.62. The topological polar surface area (TPSA) is 48.0 Å². The van der Waals surface area contributed by atoms with Crippen molar-refractivity contribution < 1.29 is 4.42 Å². The van der Waals surface area contributed by atoms with Crippen LogP contribution >= 0.6 is 0 Å². The third kappa shape index (κ3) is 2.18. The molecule has 28 heavy (non-hydrogen) atoms. The van der Waals surface area contributed by atoms with E-state index in [1.165, 1.54) is 22.1 Å². The lowest BCUT2D eigenvalue weighted by Crippen LogP contribution is -2.08. The predicted octanol–water partition coefficient (Wildman–Crippen LogP) is 5.73. The molecule has 5 aromatic rings. The number of para-hydroxylation sites is 1. The number of hydrogen-bond acceptors (Lipinski definition) is 3. The molecule has 2 aromatic heterocycles. The number of fused-ring (bicyclic) bond motifs is 3. The Balaban J connectivity index is 2.14. The van der Waals surface area contributed by atoms with Gasteiger partial charge in [0.25, 0.3) is 0 Å². The molecule has 0 saturated carbocycles. The van der Waals surface area contributed by atoms with Crippen LogP contribution in [-0.4, -0.2) is 9.55 Å². The number of aryl methyl sites for hydroxylation is 3. The fourth-order valence-electron chi connectivity index (χ4n) is 4.24. The molecule has 0 amide bonds. The average molecular weight is 370 g/mol. The number of rotatable bonds is 1. The molecule has 0 saturated heterocycles. The molecular weight excluding hydrogens is 348 g/mol. The average Bonchev–Trinajstić information content (AvgIpc) is 2.65. The summed E-state index contributed by atoms with van der Waals surface area (Å²) in [4.78, 5) is 17.0. The minimum atomic E-state index is -0.0904. The standard InChI is InChI=1S/C24H22N2O2/c1-12(2)15-10-16-9-13(3)14(4)20-21(16)19(11-15)28-24-23(20)26(5)17-7-6-8-18(27)22(17)25-24/h6-12H,1-5H3. The minimum Gasteiger partial charge on any atom is -0.436 e. The largest absolute Gasteiger partial charge is 0.436 e. The van der Waals surface area contributed by atoms with Crippen molar-refractivity contribution in [3.8, 4) is 0 Å². The molecule has 0 aliphatic heterocycles. The highest BCUT2D eigenvalue weighted by Crippen LogP contribution is 2.38. The van der Waals surface area contributed by atoms with Crippen LogP contribution in [0.15, 0.2) is 45.6 Å². The van der Waals surface area contributed by atoms with E-state index in [0.717, 1.165) is 27.4 Å². The summed E-state index contributed by atoms with van der Waals surface area (Å²) in [6, 6.07) is 11.9. The first kappa shape index (κ1) is 17.0. The molecule has 140 valence electrons. The molecule has 4 heteroatoms. The van der Waals surface area contributed by atoms with Gasteiger partial charge in [-0.05, 0) is 60.0 Å². The molecule has 0 aliphatic carbocycles. The van der Waals surface area contributed by atoms with Gasteiger partial charge in [0, 0.05) is 17.8 Å². The van der Waals surface area contributed by atoms with E-state index in [-0.39, 0.29) is 5.43 Å². The van der Waals surface area contributed by atoms with Crippen molar-refractivity contribution in [2.24, 2.45) is 7.05 Å². The Labute approximate surface area is 162 Å². The highest BCUT2D eigenvalue weighted by atomic mass is 16.3. The van der Waals surface area contributed by atoms with Crippen molar-refractivity contribution in [1.29, 1.82) is 0 Å². The number of hydrogen-bond donors (Lipinski definition) is 0. The maximum Gasteiger partial charge on any atom is 0.244 e. The van der Waals surface area contributed by atoms with Gasteiger partial charge >= 0.3 is 0 Å². The van der Waals surface area contributed by atoms with Gasteiger partial charge in [0.1, 0.15) is 16.6 Å². The number of benzene rings is 3. The summed E-state index contributed by atoms with van der Waals surface area (Å²) in [6.45, 7) is 8.66. The normalized spacial score (nSPS) is 12.2. The molecule has 0 unspecified atom stereocenters. The summed E-state index contributed by atoms with van der Waals surface area (Å²) in [5.74, 6) is 0.393. The Morgan fingerprint density at radius 2 is 1.86 bits per heavy atom. The number of aromatic nitrogens is 2. The lowest BCUT2D eigenvalue weighted by molar-refractivity contribution is 0.643. The maximum atomic E-state index is 12.4. The second-order valence-electron chi connectivity index (χ2n) is 8.02. The van der Waals surface area contributed by atoms with Crippen LogP contribution in [0, 0.1) is 13.8 Å². The van der Waals surface area contributed by atoms with Gasteiger partial charge in [0.2, 0.25) is 11.1 Å². The Hall–Kier alpha value is -3.14. The van der Waals surface area contributed by atoms with Crippen LogP contribution in [0.5, 0.6) is 0 Å². The van der Waals surface area contributed by atoms with Crippen molar-refractivity contribution in [2.45, 2.75) is 33.6 Å². The first-order chi connectivity index (χ1) is 13.4. The zero-order chi connectivity index (χ0) is 19.7. The van der Waals surface area contributed by atoms with E-state index >= 15 is 0 Å². The summed E-state index contributed by atoms with van der Waals surface area (Å²) in [6.07, 6.45) is 0. The molecule has 0 aliphatic rings. The Morgan fingerprint density at radius 1 is 1.07 bits per heavy atom. The second kappa shape index (κ2) is 5.68. The highest BCUT2D eigenvalue weighted by molar-refractivity contribution is 6.18. The van der Waals surface area contributed by atoms with E-state index < -0.39 is 0 Å². The minimum absolute atomic E-state index is 0.0904. The van der Waals surface area contributed by atoms with Crippen LogP contribution in [-0.2, 0) is 7.05 Å². The van der Waals surface area contributed by atoms with E-state index in [1.54, 1.807) is 12.1 Å². The molecule has 2 heterocycles. The SMILES string of the molecule is Cc1cc2cc(C(C)C)cc3oc4nc5c(=O)cccc5n(C)c4c(c1C)c23. The van der Waals surface area contributed by atoms with Gasteiger partial charge in [-0.15, -0.1) is 0 Å². The molecule has 3 aromatic carbocycles. The molecular formula is C24H22N2O2. The van der Waals surface area contributed by atoms with Gasteiger partial charge in [0.05, 0.1) is 5.52 Å². The maximum absolute atomic E-state index is 12.4. The molecule has 0 atom stereocenters. The molecule has 0 N–H and O–H groups in total. The lowest BCUT2D eigenvalue weighted by Gasteiger charge is -2.18.